The van der Waals surface area contributed by atoms with Crippen molar-refractivity contribution in [2.24, 2.45) is 4.99 Å². The van der Waals surface area contributed by atoms with E-state index in [9.17, 15) is 9.77 Å². The first-order valence-electron chi connectivity index (χ1n) is 7.47. The number of aliphatic imine (C=N–C) groups is 1. The van der Waals surface area contributed by atoms with E-state index in [1.165, 1.54) is 19.2 Å². The van der Waals surface area contributed by atoms with Crippen LogP contribution in [0.5, 0.6) is 0 Å². The third-order valence-corrected chi connectivity index (χ3v) is 4.85. The Hall–Kier alpha value is -1.48. The van der Waals surface area contributed by atoms with Gasteiger partial charge >= 0.3 is 7.60 Å². The summed E-state index contributed by atoms with van der Waals surface area (Å²) in [6.07, 6.45) is -0.633. The fourth-order valence-electron chi connectivity index (χ4n) is 1.75. The lowest BCUT2D eigenvalue weighted by Gasteiger charge is -2.24. The van der Waals surface area contributed by atoms with E-state index in [4.69, 9.17) is 14.3 Å². The van der Waals surface area contributed by atoms with Crippen molar-refractivity contribution in [3.05, 3.63) is 29.5 Å². The maximum atomic E-state index is 13.0. The Balaban J connectivity index is 2.85. The molecule has 0 amide bonds. The number of rotatable bonds is 8. The van der Waals surface area contributed by atoms with Gasteiger partial charge in [0.1, 0.15) is 0 Å². The zero-order valence-corrected chi connectivity index (χ0v) is 15.3. The summed E-state index contributed by atoms with van der Waals surface area (Å²) >= 11 is 0. The third kappa shape index (κ3) is 6.20. The molecule has 0 aromatic heterocycles. The van der Waals surface area contributed by atoms with E-state index in [0.717, 1.165) is 0 Å². The second-order valence-electron chi connectivity index (χ2n) is 5.49. The fourth-order valence-corrected chi connectivity index (χ4v) is 3.55. The summed E-state index contributed by atoms with van der Waals surface area (Å²) in [4.78, 5) is 3.96. The first-order chi connectivity index (χ1) is 11.2. The first kappa shape index (κ1) is 20.6. The molecule has 10 heteroatoms. The summed E-state index contributed by atoms with van der Waals surface area (Å²) in [6, 6.07) is 6.04. The van der Waals surface area contributed by atoms with E-state index in [2.05, 4.69) is 15.8 Å². The average molecular weight is 360 g/mol. The summed E-state index contributed by atoms with van der Waals surface area (Å²) in [7, 11) is -2.15. The molecule has 0 spiro atoms. The van der Waals surface area contributed by atoms with E-state index in [-0.39, 0.29) is 23.5 Å². The molecule has 0 saturated carbocycles. The van der Waals surface area contributed by atoms with Gasteiger partial charge in [0, 0.05) is 19.2 Å². The van der Waals surface area contributed by atoms with Crippen LogP contribution in [-0.2, 0) is 13.6 Å². The molecule has 0 heterocycles. The maximum Gasteiger partial charge on any atom is 0.397 e. The minimum atomic E-state index is -3.62. The molecule has 136 valence electrons. The molecular weight excluding hydrogens is 335 g/mol. The number of amidine groups is 1. The smallest absolute Gasteiger partial charge is 0.397 e. The van der Waals surface area contributed by atoms with Gasteiger partial charge in [0.15, 0.2) is 5.69 Å². The Morgan fingerprint density at radius 2 is 1.71 bits per heavy atom. The van der Waals surface area contributed by atoms with Crippen molar-refractivity contribution < 1.29 is 24.0 Å². The van der Waals surface area contributed by atoms with Gasteiger partial charge in [-0.2, -0.15) is 5.23 Å². The second kappa shape index (κ2) is 9.12. The molecule has 0 saturated heterocycles. The molecule has 0 fully saturated rings. The van der Waals surface area contributed by atoms with Gasteiger partial charge in [-0.25, -0.2) is 5.21 Å². The molecule has 9 nitrogen and oxygen atoms in total. The van der Waals surface area contributed by atoms with Gasteiger partial charge < -0.3 is 14.3 Å². The van der Waals surface area contributed by atoms with Gasteiger partial charge in [-0.1, -0.05) is 0 Å². The van der Waals surface area contributed by atoms with Crippen LogP contribution < -0.4 is 16.1 Å². The zero-order valence-electron chi connectivity index (χ0n) is 14.4. The predicted octanol–water partition coefficient (Wildman–Crippen LogP) is 2.04. The summed E-state index contributed by atoms with van der Waals surface area (Å²) in [6.45, 7) is 7.01. The Morgan fingerprint density at radius 3 is 2.08 bits per heavy atom. The lowest BCUT2D eigenvalue weighted by molar-refractivity contribution is -0.991. The van der Waals surface area contributed by atoms with Crippen LogP contribution in [0.15, 0.2) is 29.3 Å². The average Bonchev–Trinajstić information content (AvgIpc) is 2.46. The summed E-state index contributed by atoms with van der Waals surface area (Å²) in [5.41, 5.74) is 6.31. The molecule has 1 atom stereocenters. The van der Waals surface area contributed by atoms with Crippen molar-refractivity contribution in [1.82, 2.24) is 5.43 Å². The molecule has 0 bridgehead atoms. The van der Waals surface area contributed by atoms with E-state index < -0.39 is 12.8 Å². The minimum Gasteiger partial charge on any atom is -0.595 e. The summed E-state index contributed by atoms with van der Waals surface area (Å²) in [5.74, 6) is 0. The van der Waals surface area contributed by atoms with Gasteiger partial charge in [-0.3, -0.25) is 20.4 Å². The van der Waals surface area contributed by atoms with Crippen LogP contribution in [0.4, 0.5) is 11.4 Å². The van der Waals surface area contributed by atoms with Crippen molar-refractivity contribution in [3.63, 3.8) is 0 Å². The van der Waals surface area contributed by atoms with Crippen LogP contribution in [0.25, 0.3) is 0 Å². The Bertz CT molecular complexity index is 575. The van der Waals surface area contributed by atoms with Crippen LogP contribution in [0.2, 0.25) is 0 Å². The summed E-state index contributed by atoms with van der Waals surface area (Å²) in [5, 5.41) is 18.7. The number of nitrogens with one attached hydrogen (secondary N) is 3. The van der Waals surface area contributed by atoms with Gasteiger partial charge in [0.05, 0.1) is 17.9 Å². The molecule has 0 radical (unpaired) electrons. The van der Waals surface area contributed by atoms with Crippen molar-refractivity contribution in [2.45, 2.75) is 39.9 Å². The lowest BCUT2D eigenvalue weighted by Crippen LogP contribution is -2.99. The fraction of sp³-hybridized carbons (Fsp3) is 0.500. The standard InChI is InChI=1S/C14H25N4O5P/c1-10(2)22-24(21,23-11(3)4)14(15-5)17-16-12-6-8-13(9-7-12)18(19)20/h6-11,16,18-19H,1-5H3,(H,15,17). The number of hydrogen-bond donors (Lipinski definition) is 4. The second-order valence-corrected chi connectivity index (χ2v) is 7.33. The molecule has 0 aliphatic heterocycles. The number of anilines is 1. The Kier molecular flexibility index (Phi) is 7.82. The number of nitrogens with zero attached hydrogens (tertiary/aromatic N) is 1. The number of hydrazine groups is 1. The maximum absolute atomic E-state index is 13.0. The van der Waals surface area contributed by atoms with E-state index >= 15 is 0 Å². The van der Waals surface area contributed by atoms with E-state index in [0.29, 0.717) is 5.69 Å². The number of benzene rings is 1. The lowest BCUT2D eigenvalue weighted by atomic mass is 10.3. The highest BCUT2D eigenvalue weighted by atomic mass is 31.2. The quantitative estimate of drug-likeness (QED) is 0.242. The van der Waals surface area contributed by atoms with Crippen molar-refractivity contribution in [1.29, 1.82) is 0 Å². The minimum absolute atomic E-state index is 0.0345. The highest BCUT2D eigenvalue weighted by Gasteiger charge is 2.34. The van der Waals surface area contributed by atoms with Crippen molar-refractivity contribution >= 4 is 24.5 Å². The molecular formula is C14H25N4O5P. The Morgan fingerprint density at radius 1 is 1.21 bits per heavy atom. The molecule has 1 aromatic carbocycles. The van der Waals surface area contributed by atoms with Crippen molar-refractivity contribution in [2.75, 3.05) is 12.5 Å². The molecule has 0 aliphatic carbocycles. The van der Waals surface area contributed by atoms with Gasteiger partial charge in [-0.15, -0.1) is 0 Å². The molecule has 4 N–H and O–H groups in total. The van der Waals surface area contributed by atoms with Crippen molar-refractivity contribution in [3.8, 4) is 0 Å². The van der Waals surface area contributed by atoms with Gasteiger partial charge in [0.25, 0.3) is 0 Å². The SMILES string of the molecule is CN=C(NNc1ccc([NH+]([O-])O)cc1)P(=O)(OC(C)C)OC(C)C. The van der Waals surface area contributed by atoms with E-state index in [1.807, 2.05) is 0 Å². The summed E-state index contributed by atoms with van der Waals surface area (Å²) < 4.78 is 23.9. The van der Waals surface area contributed by atoms with Crippen LogP contribution in [0.1, 0.15) is 27.7 Å². The molecule has 1 rings (SSSR count). The Labute approximate surface area is 141 Å². The van der Waals surface area contributed by atoms with E-state index in [1.54, 1.807) is 39.8 Å². The molecule has 24 heavy (non-hydrogen) atoms. The molecule has 1 unspecified atom stereocenters. The van der Waals surface area contributed by atoms with Gasteiger partial charge in [-0.05, 0) is 39.8 Å². The largest absolute Gasteiger partial charge is 0.595 e. The zero-order chi connectivity index (χ0) is 18.3. The highest BCUT2D eigenvalue weighted by Crippen LogP contribution is 2.51. The van der Waals surface area contributed by atoms with Crippen LogP contribution in [0, 0.1) is 5.21 Å². The topological polar surface area (TPSA) is 120 Å². The molecule has 1 aromatic rings. The van der Waals surface area contributed by atoms with Gasteiger partial charge in [0.2, 0.25) is 5.58 Å². The monoisotopic (exact) mass is 360 g/mol. The normalized spacial score (nSPS) is 14.1. The van der Waals surface area contributed by atoms with Crippen LogP contribution in [0.3, 0.4) is 0 Å². The highest BCUT2D eigenvalue weighted by molar-refractivity contribution is 7.72. The first-order valence-corrected chi connectivity index (χ1v) is 9.01. The number of hydrogen-bond acceptors (Lipinski definition) is 7. The predicted molar refractivity (Wildman–Crippen MR) is 92.4 cm³/mol. The van der Waals surface area contributed by atoms with Crippen LogP contribution in [-0.4, -0.2) is 30.0 Å². The molecule has 0 aliphatic rings. The number of quaternary nitrogens is 1. The third-order valence-electron chi connectivity index (χ3n) is 2.62. The van der Waals surface area contributed by atoms with Crippen LogP contribution >= 0.6 is 7.60 Å².